The third kappa shape index (κ3) is 5.06. The van der Waals surface area contributed by atoms with Crippen molar-refractivity contribution in [2.75, 3.05) is 44.3 Å². The molecule has 0 spiro atoms. The van der Waals surface area contributed by atoms with Gasteiger partial charge >= 0.3 is 0 Å². The summed E-state index contributed by atoms with van der Waals surface area (Å²) in [5.74, 6) is 2.93. The summed E-state index contributed by atoms with van der Waals surface area (Å²) in [7, 11) is 0. The molecule has 2 fully saturated rings. The highest BCUT2D eigenvalue weighted by molar-refractivity contribution is 5.60. The molecule has 37 heavy (non-hydrogen) atoms. The molecule has 2 aliphatic rings. The first-order valence-corrected chi connectivity index (χ1v) is 13.2. The molecule has 2 aliphatic heterocycles. The van der Waals surface area contributed by atoms with E-state index >= 15 is 0 Å². The lowest BCUT2D eigenvalue weighted by atomic mass is 9.96. The first kappa shape index (κ1) is 23.9. The topological polar surface area (TPSA) is 84.6 Å². The van der Waals surface area contributed by atoms with Crippen molar-refractivity contribution in [3.8, 4) is 11.3 Å². The molecule has 4 aromatic rings. The summed E-state index contributed by atoms with van der Waals surface area (Å²) >= 11 is 0. The van der Waals surface area contributed by atoms with Gasteiger partial charge in [0, 0.05) is 49.7 Å². The summed E-state index contributed by atoms with van der Waals surface area (Å²) in [5.41, 5.74) is 6.80. The fourth-order valence-corrected chi connectivity index (χ4v) is 5.55. The van der Waals surface area contributed by atoms with E-state index in [1.54, 1.807) is 0 Å². The Bertz CT molecular complexity index is 1380. The second-order valence-electron chi connectivity index (χ2n) is 10.3. The second-order valence-corrected chi connectivity index (χ2v) is 10.3. The molecule has 192 valence electrons. The molecular formula is C28H34N8O. The molecule has 0 saturated carbocycles. The maximum absolute atomic E-state index is 5.45. The zero-order chi connectivity index (χ0) is 25.4. The summed E-state index contributed by atoms with van der Waals surface area (Å²) in [4.78, 5) is 13.9. The average Bonchev–Trinajstić information content (AvgIpc) is 3.54. The zero-order valence-electron chi connectivity index (χ0n) is 21.9. The van der Waals surface area contributed by atoms with Crippen molar-refractivity contribution >= 4 is 11.6 Å². The molecular weight excluding hydrogens is 464 g/mol. The Morgan fingerprint density at radius 3 is 2.49 bits per heavy atom. The van der Waals surface area contributed by atoms with Gasteiger partial charge in [-0.25, -0.2) is 9.50 Å². The van der Waals surface area contributed by atoms with Crippen LogP contribution < -0.4 is 4.90 Å². The SMILES string of the molecule is Cc1nc2nc(C)c(CC3CCN(c4ccc(-c5ccc(CN6CCOCC6)cc5)nn4)C3)c(C)n2n1. The third-order valence-electron chi connectivity index (χ3n) is 7.67. The van der Waals surface area contributed by atoms with Gasteiger partial charge in [0.15, 0.2) is 5.82 Å². The summed E-state index contributed by atoms with van der Waals surface area (Å²) in [6, 6.07) is 12.9. The molecule has 6 rings (SSSR count). The van der Waals surface area contributed by atoms with E-state index in [9.17, 15) is 0 Å². The van der Waals surface area contributed by atoms with E-state index in [4.69, 9.17) is 9.72 Å². The number of fused-ring (bicyclic) bond motifs is 1. The monoisotopic (exact) mass is 498 g/mol. The van der Waals surface area contributed by atoms with Crippen molar-refractivity contribution in [3.63, 3.8) is 0 Å². The van der Waals surface area contributed by atoms with Gasteiger partial charge in [-0.05, 0) is 62.8 Å². The number of hydrogen-bond donors (Lipinski definition) is 0. The van der Waals surface area contributed by atoms with Gasteiger partial charge in [0.25, 0.3) is 5.78 Å². The number of nitrogens with zero attached hydrogens (tertiary/aromatic N) is 8. The molecule has 2 saturated heterocycles. The van der Waals surface area contributed by atoms with E-state index in [1.807, 2.05) is 11.4 Å². The quantitative estimate of drug-likeness (QED) is 0.400. The largest absolute Gasteiger partial charge is 0.379 e. The van der Waals surface area contributed by atoms with E-state index in [-0.39, 0.29) is 0 Å². The van der Waals surface area contributed by atoms with Crippen LogP contribution in [0.2, 0.25) is 0 Å². The molecule has 1 atom stereocenters. The minimum atomic E-state index is 0.543. The van der Waals surface area contributed by atoms with Gasteiger partial charge in [0.2, 0.25) is 0 Å². The van der Waals surface area contributed by atoms with Crippen LogP contribution in [0.15, 0.2) is 36.4 Å². The molecule has 1 unspecified atom stereocenters. The first-order valence-electron chi connectivity index (χ1n) is 13.2. The number of rotatable bonds is 6. The van der Waals surface area contributed by atoms with Crippen LogP contribution in [0, 0.1) is 26.7 Å². The smallest absolute Gasteiger partial charge is 0.252 e. The average molecular weight is 499 g/mol. The number of aryl methyl sites for hydroxylation is 3. The predicted molar refractivity (Wildman–Crippen MR) is 143 cm³/mol. The summed E-state index contributed by atoms with van der Waals surface area (Å²) < 4.78 is 7.33. The molecule has 0 amide bonds. The normalized spacial score (nSPS) is 18.7. The van der Waals surface area contributed by atoms with E-state index in [1.165, 1.54) is 11.1 Å². The lowest BCUT2D eigenvalue weighted by Gasteiger charge is -2.26. The van der Waals surface area contributed by atoms with Crippen LogP contribution in [0.4, 0.5) is 5.82 Å². The second kappa shape index (κ2) is 10.1. The van der Waals surface area contributed by atoms with Gasteiger partial charge in [0.1, 0.15) is 5.82 Å². The third-order valence-corrected chi connectivity index (χ3v) is 7.67. The molecule has 0 N–H and O–H groups in total. The number of benzene rings is 1. The molecule has 5 heterocycles. The Hall–Kier alpha value is -3.43. The van der Waals surface area contributed by atoms with E-state index in [0.717, 1.165) is 93.1 Å². The minimum absolute atomic E-state index is 0.543. The highest BCUT2D eigenvalue weighted by Crippen LogP contribution is 2.28. The summed E-state index contributed by atoms with van der Waals surface area (Å²) in [6.45, 7) is 12.7. The van der Waals surface area contributed by atoms with Crippen LogP contribution in [0.3, 0.4) is 0 Å². The molecule has 0 aliphatic carbocycles. The molecule has 0 bridgehead atoms. The van der Waals surface area contributed by atoms with Crippen molar-refractivity contribution in [1.82, 2.24) is 34.7 Å². The van der Waals surface area contributed by atoms with Crippen LogP contribution in [0.25, 0.3) is 17.0 Å². The van der Waals surface area contributed by atoms with Crippen LogP contribution in [0.5, 0.6) is 0 Å². The Morgan fingerprint density at radius 1 is 0.919 bits per heavy atom. The van der Waals surface area contributed by atoms with Crippen molar-refractivity contribution in [3.05, 3.63) is 64.7 Å². The number of ether oxygens (including phenoxy) is 1. The molecule has 9 heteroatoms. The molecule has 9 nitrogen and oxygen atoms in total. The highest BCUT2D eigenvalue weighted by Gasteiger charge is 2.26. The van der Waals surface area contributed by atoms with Gasteiger partial charge in [0.05, 0.1) is 18.9 Å². The van der Waals surface area contributed by atoms with E-state index in [0.29, 0.717) is 11.7 Å². The van der Waals surface area contributed by atoms with Gasteiger partial charge in [-0.3, -0.25) is 4.90 Å². The fraction of sp³-hybridized carbons (Fsp3) is 0.464. The zero-order valence-corrected chi connectivity index (χ0v) is 21.9. The van der Waals surface area contributed by atoms with Crippen molar-refractivity contribution < 1.29 is 4.74 Å². The number of anilines is 1. The fourth-order valence-electron chi connectivity index (χ4n) is 5.55. The van der Waals surface area contributed by atoms with Gasteiger partial charge in [-0.15, -0.1) is 10.2 Å². The van der Waals surface area contributed by atoms with Crippen molar-refractivity contribution in [2.45, 2.75) is 40.2 Å². The standard InChI is InChI=1S/C28H34N8O/c1-19-25(20(2)36-28(29-19)30-21(3)33-36)16-23-10-11-35(18-23)27-9-8-26(31-32-27)24-6-4-22(5-7-24)17-34-12-14-37-15-13-34/h4-9,23H,10-18H2,1-3H3. The summed E-state index contributed by atoms with van der Waals surface area (Å²) in [6.07, 6.45) is 2.11. The Balaban J connectivity index is 1.09. The maximum Gasteiger partial charge on any atom is 0.252 e. The van der Waals surface area contributed by atoms with Gasteiger partial charge < -0.3 is 9.64 Å². The van der Waals surface area contributed by atoms with E-state index < -0.39 is 0 Å². The first-order chi connectivity index (χ1) is 18.0. The lowest BCUT2D eigenvalue weighted by Crippen LogP contribution is -2.35. The number of hydrogen-bond acceptors (Lipinski definition) is 8. The maximum atomic E-state index is 5.45. The predicted octanol–water partition coefficient (Wildman–Crippen LogP) is 3.41. The van der Waals surface area contributed by atoms with Crippen molar-refractivity contribution in [1.29, 1.82) is 0 Å². The van der Waals surface area contributed by atoms with Crippen LogP contribution >= 0.6 is 0 Å². The number of aromatic nitrogens is 6. The highest BCUT2D eigenvalue weighted by atomic mass is 16.5. The molecule has 1 aromatic carbocycles. The van der Waals surface area contributed by atoms with Crippen LogP contribution in [-0.2, 0) is 17.7 Å². The van der Waals surface area contributed by atoms with E-state index in [2.05, 4.69) is 80.3 Å². The van der Waals surface area contributed by atoms with Crippen LogP contribution in [0.1, 0.15) is 34.8 Å². The lowest BCUT2D eigenvalue weighted by molar-refractivity contribution is 0.0342. The summed E-state index contributed by atoms with van der Waals surface area (Å²) in [5, 5.41) is 13.7. The Labute approximate surface area is 217 Å². The van der Waals surface area contributed by atoms with Crippen molar-refractivity contribution in [2.24, 2.45) is 5.92 Å². The van der Waals surface area contributed by atoms with Crippen LogP contribution in [-0.4, -0.2) is 74.1 Å². The minimum Gasteiger partial charge on any atom is -0.379 e. The Kier molecular flexibility index (Phi) is 6.56. The molecule has 0 radical (unpaired) electrons. The van der Waals surface area contributed by atoms with Gasteiger partial charge in [-0.1, -0.05) is 24.3 Å². The van der Waals surface area contributed by atoms with Gasteiger partial charge in [-0.2, -0.15) is 10.1 Å². The number of morpholine rings is 1. The molecule has 3 aromatic heterocycles. The Morgan fingerprint density at radius 2 is 1.73 bits per heavy atom.